The van der Waals surface area contributed by atoms with Gasteiger partial charge in [0.1, 0.15) is 4.83 Å². The number of thioether (sulfide) groups is 1. The third-order valence-corrected chi connectivity index (χ3v) is 8.68. The fourth-order valence-electron chi connectivity index (χ4n) is 4.47. The average Bonchev–Trinajstić information content (AvgIpc) is 3.48. The van der Waals surface area contributed by atoms with Crippen molar-refractivity contribution >= 4 is 62.4 Å². The van der Waals surface area contributed by atoms with E-state index < -0.39 is 0 Å². The number of thiophene rings is 1. The summed E-state index contributed by atoms with van der Waals surface area (Å²) in [6.07, 6.45) is 2.44. The lowest BCUT2D eigenvalue weighted by Gasteiger charge is -2.25. The molecule has 3 aromatic rings. The number of ether oxygens (including phenoxy) is 1. The van der Waals surface area contributed by atoms with E-state index in [4.69, 9.17) is 21.3 Å². The highest BCUT2D eigenvalue weighted by Crippen LogP contribution is 2.34. The Morgan fingerprint density at radius 2 is 2.17 bits per heavy atom. The van der Waals surface area contributed by atoms with Crippen LogP contribution in [0.3, 0.4) is 0 Å². The van der Waals surface area contributed by atoms with E-state index in [0.717, 1.165) is 23.3 Å². The molecular weight excluding hydrogens is 508 g/mol. The van der Waals surface area contributed by atoms with E-state index in [1.165, 1.54) is 23.1 Å². The molecular formula is C24H25ClN4O4S2. The maximum absolute atomic E-state index is 13.7. The smallest absolute Gasteiger partial charge is 0.263 e. The van der Waals surface area contributed by atoms with Crippen molar-refractivity contribution in [1.29, 1.82) is 0 Å². The molecule has 35 heavy (non-hydrogen) atoms. The average molecular weight is 533 g/mol. The quantitative estimate of drug-likeness (QED) is 0.382. The molecule has 0 saturated carbocycles. The molecule has 0 spiro atoms. The van der Waals surface area contributed by atoms with Gasteiger partial charge in [-0.15, -0.1) is 11.3 Å². The van der Waals surface area contributed by atoms with Gasteiger partial charge in [0.2, 0.25) is 11.8 Å². The third kappa shape index (κ3) is 5.11. The number of para-hydroxylation sites is 1. The fourth-order valence-corrected chi connectivity index (χ4v) is 6.74. The molecule has 4 heterocycles. The van der Waals surface area contributed by atoms with Crippen molar-refractivity contribution in [2.45, 2.75) is 50.5 Å². The maximum atomic E-state index is 13.7. The van der Waals surface area contributed by atoms with Crippen LogP contribution < -0.4 is 10.9 Å². The van der Waals surface area contributed by atoms with Crippen LogP contribution in [0.4, 0.5) is 5.69 Å². The number of carbonyl (C=O) groups is 2. The number of carbonyl (C=O) groups excluding carboxylic acids is 2. The fraction of sp³-hybridized carbons (Fsp3) is 0.417. The summed E-state index contributed by atoms with van der Waals surface area (Å²) in [5.74, 6) is -0.126. The van der Waals surface area contributed by atoms with E-state index in [0.29, 0.717) is 58.7 Å². The first-order valence-corrected chi connectivity index (χ1v) is 13.7. The number of nitrogens with one attached hydrogen (secondary N) is 1. The topological polar surface area (TPSA) is 93.5 Å². The van der Waals surface area contributed by atoms with E-state index in [1.54, 1.807) is 40.7 Å². The number of rotatable bonds is 6. The first kappa shape index (κ1) is 24.3. The van der Waals surface area contributed by atoms with Gasteiger partial charge in [0.25, 0.3) is 5.56 Å². The van der Waals surface area contributed by atoms with Gasteiger partial charge in [-0.05, 0) is 37.0 Å². The molecule has 0 unspecified atom stereocenters. The Morgan fingerprint density at radius 3 is 2.91 bits per heavy atom. The van der Waals surface area contributed by atoms with Crippen LogP contribution in [-0.2, 0) is 33.8 Å². The van der Waals surface area contributed by atoms with Crippen molar-refractivity contribution in [3.8, 4) is 0 Å². The molecule has 0 radical (unpaired) electrons. The van der Waals surface area contributed by atoms with Crippen LogP contribution in [0.15, 0.2) is 34.2 Å². The first-order chi connectivity index (χ1) is 16.9. The molecule has 1 saturated heterocycles. The zero-order valence-corrected chi connectivity index (χ0v) is 21.6. The summed E-state index contributed by atoms with van der Waals surface area (Å²) in [7, 11) is 0. The number of anilines is 1. The lowest BCUT2D eigenvalue weighted by atomic mass is 10.1. The second-order valence-electron chi connectivity index (χ2n) is 8.64. The number of aromatic nitrogens is 2. The molecule has 0 aliphatic carbocycles. The van der Waals surface area contributed by atoms with Gasteiger partial charge >= 0.3 is 0 Å². The van der Waals surface area contributed by atoms with Gasteiger partial charge in [-0.1, -0.05) is 35.5 Å². The second-order valence-corrected chi connectivity index (χ2v) is 11.1. The minimum Gasteiger partial charge on any atom is -0.376 e. The number of hydrogen-bond donors (Lipinski definition) is 1. The van der Waals surface area contributed by atoms with Gasteiger partial charge in [0, 0.05) is 25.0 Å². The zero-order chi connectivity index (χ0) is 24.5. The van der Waals surface area contributed by atoms with Gasteiger partial charge in [0.05, 0.1) is 41.0 Å². The van der Waals surface area contributed by atoms with Crippen LogP contribution in [0.5, 0.6) is 0 Å². The molecule has 1 aromatic carbocycles. The van der Waals surface area contributed by atoms with Gasteiger partial charge in [-0.2, -0.15) is 0 Å². The van der Waals surface area contributed by atoms with Crippen molar-refractivity contribution in [2.75, 3.05) is 24.2 Å². The Hall–Kier alpha value is -2.40. The van der Waals surface area contributed by atoms with E-state index in [-0.39, 0.29) is 29.2 Å². The lowest BCUT2D eigenvalue weighted by Crippen LogP contribution is -2.34. The SMILES string of the molecule is CC(=O)N1CCc2c(sc3nc(SCC(=O)Nc4ccccc4Cl)n(C[C@@H]4CCCO4)c(=O)c23)C1. The minimum absolute atomic E-state index is 0.0256. The Morgan fingerprint density at radius 1 is 1.34 bits per heavy atom. The minimum atomic E-state index is -0.233. The standard InChI is InChI=1S/C24H25ClN4O4S2/c1-14(30)28-9-8-16-19(12-28)35-22-21(16)23(32)29(11-15-5-4-10-33-15)24(27-22)34-13-20(31)26-18-7-3-2-6-17(18)25/h2-3,6-7,15H,4-5,8-13H2,1H3,(H,26,31)/t15-/m0/s1. The van der Waals surface area contributed by atoms with Crippen LogP contribution in [0.25, 0.3) is 10.2 Å². The number of amides is 2. The summed E-state index contributed by atoms with van der Waals surface area (Å²) in [5, 5.41) is 4.41. The molecule has 11 heteroatoms. The highest BCUT2D eigenvalue weighted by molar-refractivity contribution is 7.99. The number of fused-ring (bicyclic) bond motifs is 3. The molecule has 2 aliphatic rings. The Bertz CT molecular complexity index is 1350. The van der Waals surface area contributed by atoms with Crippen LogP contribution in [0, 0.1) is 0 Å². The predicted octanol–water partition coefficient (Wildman–Crippen LogP) is 3.93. The number of halogens is 1. The Balaban J connectivity index is 1.45. The molecule has 8 nitrogen and oxygen atoms in total. The van der Waals surface area contributed by atoms with Gasteiger partial charge < -0.3 is 15.0 Å². The van der Waals surface area contributed by atoms with Crippen LogP contribution >= 0.6 is 34.7 Å². The van der Waals surface area contributed by atoms with E-state index >= 15 is 0 Å². The van der Waals surface area contributed by atoms with Crippen molar-refractivity contribution in [3.05, 3.63) is 50.1 Å². The molecule has 1 fully saturated rings. The van der Waals surface area contributed by atoms with Gasteiger partial charge in [-0.25, -0.2) is 4.98 Å². The monoisotopic (exact) mass is 532 g/mol. The predicted molar refractivity (Wildman–Crippen MR) is 138 cm³/mol. The van der Waals surface area contributed by atoms with E-state index in [2.05, 4.69) is 5.32 Å². The maximum Gasteiger partial charge on any atom is 0.263 e. The normalized spacial score (nSPS) is 17.5. The number of benzene rings is 1. The molecule has 2 amide bonds. The van der Waals surface area contributed by atoms with Crippen molar-refractivity contribution in [2.24, 2.45) is 0 Å². The molecule has 1 atom stereocenters. The second kappa shape index (κ2) is 10.3. The molecule has 0 bridgehead atoms. The number of nitrogens with zero attached hydrogens (tertiary/aromatic N) is 3. The Kier molecular flexibility index (Phi) is 7.15. The van der Waals surface area contributed by atoms with E-state index in [1.807, 2.05) is 0 Å². The molecule has 2 aliphatic heterocycles. The molecule has 2 aromatic heterocycles. The summed E-state index contributed by atoms with van der Waals surface area (Å²) in [6, 6.07) is 7.05. The zero-order valence-electron chi connectivity index (χ0n) is 19.2. The van der Waals surface area contributed by atoms with Crippen LogP contribution in [-0.4, -0.2) is 51.3 Å². The summed E-state index contributed by atoms with van der Waals surface area (Å²) in [6.45, 7) is 3.75. The highest BCUT2D eigenvalue weighted by Gasteiger charge is 2.27. The van der Waals surface area contributed by atoms with Crippen molar-refractivity contribution in [3.63, 3.8) is 0 Å². The van der Waals surface area contributed by atoms with Gasteiger partial charge in [0.15, 0.2) is 5.16 Å². The lowest BCUT2D eigenvalue weighted by molar-refractivity contribution is -0.129. The van der Waals surface area contributed by atoms with E-state index in [9.17, 15) is 14.4 Å². The van der Waals surface area contributed by atoms with Gasteiger partial charge in [-0.3, -0.25) is 19.0 Å². The van der Waals surface area contributed by atoms with Crippen LogP contribution in [0.2, 0.25) is 5.02 Å². The molecule has 184 valence electrons. The summed E-state index contributed by atoms with van der Waals surface area (Å²) < 4.78 is 7.46. The third-order valence-electron chi connectivity index (χ3n) is 6.26. The molecule has 1 N–H and O–H groups in total. The number of hydrogen-bond acceptors (Lipinski definition) is 7. The van der Waals surface area contributed by atoms with Crippen molar-refractivity contribution < 1.29 is 14.3 Å². The summed E-state index contributed by atoms with van der Waals surface area (Å²) >= 11 is 8.84. The summed E-state index contributed by atoms with van der Waals surface area (Å²) in [4.78, 5) is 46.5. The highest BCUT2D eigenvalue weighted by atomic mass is 35.5. The largest absolute Gasteiger partial charge is 0.376 e. The molecule has 5 rings (SSSR count). The van der Waals surface area contributed by atoms with Crippen LogP contribution in [0.1, 0.15) is 30.2 Å². The Labute approximate surface area is 215 Å². The first-order valence-electron chi connectivity index (χ1n) is 11.5. The van der Waals surface area contributed by atoms with Crippen molar-refractivity contribution in [1.82, 2.24) is 14.5 Å². The summed E-state index contributed by atoms with van der Waals surface area (Å²) in [5.41, 5.74) is 1.43.